The molecule has 0 spiro atoms. The van der Waals surface area contributed by atoms with Gasteiger partial charge in [-0.2, -0.15) is 0 Å². The van der Waals surface area contributed by atoms with Gasteiger partial charge in [0, 0.05) is 5.56 Å². The van der Waals surface area contributed by atoms with Gasteiger partial charge in [-0.1, -0.05) is 30.7 Å². The third kappa shape index (κ3) is 2.42. The molecule has 1 unspecified atom stereocenters. The molecule has 2 N–H and O–H groups in total. The molecule has 1 atom stereocenters. The first-order chi connectivity index (χ1) is 6.69. The quantitative estimate of drug-likeness (QED) is 0.742. The average Bonchev–Trinajstić information content (AvgIpc) is 2.18. The van der Waals surface area contributed by atoms with E-state index in [2.05, 4.69) is 13.0 Å². The van der Waals surface area contributed by atoms with Crippen LogP contribution >= 0.6 is 0 Å². The van der Waals surface area contributed by atoms with Crippen molar-refractivity contribution in [1.82, 2.24) is 0 Å². The van der Waals surface area contributed by atoms with Crippen LogP contribution in [0.1, 0.15) is 40.7 Å². The number of aryl methyl sites for hydroxylation is 1. The van der Waals surface area contributed by atoms with Gasteiger partial charge in [0.2, 0.25) is 0 Å². The zero-order valence-electron chi connectivity index (χ0n) is 8.79. The fraction of sp³-hybridized carbons (Fsp3) is 0.417. The van der Waals surface area contributed by atoms with Crippen LogP contribution in [0.3, 0.4) is 0 Å². The van der Waals surface area contributed by atoms with Crippen LogP contribution in [-0.2, 0) is 0 Å². The number of aldehydes is 1. The van der Waals surface area contributed by atoms with Crippen molar-refractivity contribution in [3.63, 3.8) is 0 Å². The molecule has 0 amide bonds. The van der Waals surface area contributed by atoms with E-state index in [0.29, 0.717) is 12.5 Å². The highest BCUT2D eigenvalue weighted by Gasteiger charge is 2.09. The maximum atomic E-state index is 10.8. The Kier molecular flexibility index (Phi) is 3.84. The molecule has 0 bridgehead atoms. The number of benzene rings is 1. The summed E-state index contributed by atoms with van der Waals surface area (Å²) in [6.45, 7) is 4.80. The minimum Gasteiger partial charge on any atom is -0.330 e. The number of hydrogen-bond acceptors (Lipinski definition) is 2. The predicted octanol–water partition coefficient (Wildman–Crippen LogP) is 2.26. The zero-order chi connectivity index (χ0) is 10.6. The fourth-order valence-electron chi connectivity index (χ4n) is 1.63. The molecule has 0 fully saturated rings. The van der Waals surface area contributed by atoms with E-state index in [1.54, 1.807) is 0 Å². The Balaban J connectivity index is 3.03. The van der Waals surface area contributed by atoms with Gasteiger partial charge in [0.1, 0.15) is 6.29 Å². The van der Waals surface area contributed by atoms with Crippen LogP contribution in [0.15, 0.2) is 18.2 Å². The lowest BCUT2D eigenvalue weighted by Gasteiger charge is -2.13. The molecule has 0 aliphatic rings. The van der Waals surface area contributed by atoms with Gasteiger partial charge in [-0.25, -0.2) is 0 Å². The number of nitrogens with two attached hydrogens (primary N) is 1. The Morgan fingerprint density at radius 3 is 2.79 bits per heavy atom. The van der Waals surface area contributed by atoms with Gasteiger partial charge in [0.15, 0.2) is 0 Å². The van der Waals surface area contributed by atoms with E-state index in [9.17, 15) is 4.79 Å². The van der Waals surface area contributed by atoms with Crippen molar-refractivity contribution in [2.45, 2.75) is 26.2 Å². The molecule has 2 nitrogen and oxygen atoms in total. The highest BCUT2D eigenvalue weighted by atomic mass is 16.1. The summed E-state index contributed by atoms with van der Waals surface area (Å²) in [5, 5.41) is 0. The third-order valence-corrected chi connectivity index (χ3v) is 2.50. The van der Waals surface area contributed by atoms with Gasteiger partial charge in [0.25, 0.3) is 0 Å². The molecule has 1 aromatic carbocycles. The molecule has 0 radical (unpaired) electrons. The molecule has 0 saturated heterocycles. The second-order valence-corrected chi connectivity index (χ2v) is 3.73. The summed E-state index contributed by atoms with van der Waals surface area (Å²) >= 11 is 0. The van der Waals surface area contributed by atoms with E-state index in [0.717, 1.165) is 23.8 Å². The molecular formula is C12H17NO. The van der Waals surface area contributed by atoms with Gasteiger partial charge in [-0.05, 0) is 31.4 Å². The number of carbonyl (C=O) groups is 1. The van der Waals surface area contributed by atoms with Crippen molar-refractivity contribution in [3.8, 4) is 0 Å². The summed E-state index contributed by atoms with van der Waals surface area (Å²) in [7, 11) is 0. The van der Waals surface area contributed by atoms with E-state index in [1.165, 1.54) is 5.56 Å². The first-order valence-electron chi connectivity index (χ1n) is 4.94. The van der Waals surface area contributed by atoms with Crippen LogP contribution in [0.4, 0.5) is 0 Å². The lowest BCUT2D eigenvalue weighted by molar-refractivity contribution is 0.112. The summed E-state index contributed by atoms with van der Waals surface area (Å²) < 4.78 is 0. The number of carbonyl (C=O) groups excluding carboxylic acids is 1. The Morgan fingerprint density at radius 1 is 1.50 bits per heavy atom. The largest absolute Gasteiger partial charge is 0.330 e. The first-order valence-corrected chi connectivity index (χ1v) is 4.94. The topological polar surface area (TPSA) is 43.1 Å². The summed E-state index contributed by atoms with van der Waals surface area (Å²) in [6.07, 6.45) is 1.84. The number of hydrogen-bond donors (Lipinski definition) is 1. The van der Waals surface area contributed by atoms with Crippen LogP contribution in [0, 0.1) is 6.92 Å². The van der Waals surface area contributed by atoms with E-state index in [1.807, 2.05) is 19.1 Å². The Morgan fingerprint density at radius 2 is 2.21 bits per heavy atom. The molecule has 0 heterocycles. The summed E-state index contributed by atoms with van der Waals surface area (Å²) in [5.74, 6) is 0.361. The minimum absolute atomic E-state index is 0.361. The fourth-order valence-corrected chi connectivity index (χ4v) is 1.63. The molecular weight excluding hydrogens is 174 g/mol. The van der Waals surface area contributed by atoms with E-state index in [4.69, 9.17) is 5.73 Å². The minimum atomic E-state index is 0.361. The van der Waals surface area contributed by atoms with Gasteiger partial charge in [-0.3, -0.25) is 4.79 Å². The molecule has 0 aliphatic heterocycles. The predicted molar refractivity (Wildman–Crippen MR) is 58.7 cm³/mol. The highest BCUT2D eigenvalue weighted by Crippen LogP contribution is 2.22. The van der Waals surface area contributed by atoms with E-state index < -0.39 is 0 Å². The number of rotatable bonds is 4. The van der Waals surface area contributed by atoms with Crippen molar-refractivity contribution < 1.29 is 4.79 Å². The smallest absolute Gasteiger partial charge is 0.150 e. The Bertz CT molecular complexity index is 320. The molecule has 1 aromatic rings. The van der Waals surface area contributed by atoms with Gasteiger partial charge < -0.3 is 5.73 Å². The SMILES string of the molecule is Cc1ccc(C=O)c(C(C)CCN)c1. The second-order valence-electron chi connectivity index (χ2n) is 3.73. The molecule has 0 saturated carbocycles. The highest BCUT2D eigenvalue weighted by molar-refractivity contribution is 5.77. The lowest BCUT2D eigenvalue weighted by Crippen LogP contribution is -2.06. The molecule has 14 heavy (non-hydrogen) atoms. The molecule has 0 aromatic heterocycles. The van der Waals surface area contributed by atoms with Crippen molar-refractivity contribution in [1.29, 1.82) is 0 Å². The van der Waals surface area contributed by atoms with Crippen molar-refractivity contribution >= 4 is 6.29 Å². The molecule has 0 aliphatic carbocycles. The zero-order valence-corrected chi connectivity index (χ0v) is 8.79. The first kappa shape index (κ1) is 10.9. The second kappa shape index (κ2) is 4.91. The van der Waals surface area contributed by atoms with Crippen molar-refractivity contribution in [3.05, 3.63) is 34.9 Å². The van der Waals surface area contributed by atoms with Crippen LogP contribution < -0.4 is 5.73 Å². The Hall–Kier alpha value is -1.15. The monoisotopic (exact) mass is 191 g/mol. The molecule has 76 valence electrons. The van der Waals surface area contributed by atoms with Crippen LogP contribution in [-0.4, -0.2) is 12.8 Å². The standard InChI is InChI=1S/C12H17NO/c1-9-3-4-11(8-14)12(7-9)10(2)5-6-13/h3-4,7-8,10H,5-6,13H2,1-2H3. The average molecular weight is 191 g/mol. The molecule has 1 rings (SSSR count). The lowest BCUT2D eigenvalue weighted by atomic mass is 9.92. The summed E-state index contributed by atoms with van der Waals surface area (Å²) in [4.78, 5) is 10.8. The maximum Gasteiger partial charge on any atom is 0.150 e. The summed E-state index contributed by atoms with van der Waals surface area (Å²) in [5.41, 5.74) is 8.60. The molecule has 2 heteroatoms. The van der Waals surface area contributed by atoms with Crippen LogP contribution in [0.25, 0.3) is 0 Å². The van der Waals surface area contributed by atoms with Crippen LogP contribution in [0.5, 0.6) is 0 Å². The maximum absolute atomic E-state index is 10.8. The van der Waals surface area contributed by atoms with E-state index >= 15 is 0 Å². The van der Waals surface area contributed by atoms with Gasteiger partial charge >= 0.3 is 0 Å². The van der Waals surface area contributed by atoms with Crippen molar-refractivity contribution in [2.75, 3.05) is 6.54 Å². The summed E-state index contributed by atoms with van der Waals surface area (Å²) in [6, 6.07) is 5.91. The van der Waals surface area contributed by atoms with E-state index in [-0.39, 0.29) is 0 Å². The van der Waals surface area contributed by atoms with Gasteiger partial charge in [-0.15, -0.1) is 0 Å². The normalized spacial score (nSPS) is 12.5. The van der Waals surface area contributed by atoms with Crippen LogP contribution in [0.2, 0.25) is 0 Å². The van der Waals surface area contributed by atoms with Gasteiger partial charge in [0.05, 0.1) is 0 Å². The van der Waals surface area contributed by atoms with Crippen molar-refractivity contribution in [2.24, 2.45) is 5.73 Å². The third-order valence-electron chi connectivity index (χ3n) is 2.50. The Labute approximate surface area is 85.1 Å².